The summed E-state index contributed by atoms with van der Waals surface area (Å²) in [5.74, 6) is -2.93. The number of pyridine rings is 2. The third kappa shape index (κ3) is 8.43. The first-order chi connectivity index (χ1) is 24.4. The molecule has 15 heteroatoms. The van der Waals surface area contributed by atoms with Gasteiger partial charge in [-0.1, -0.05) is 26.0 Å². The quantitative estimate of drug-likeness (QED) is 0.247. The van der Waals surface area contributed by atoms with Gasteiger partial charge >= 0.3 is 11.7 Å². The maximum absolute atomic E-state index is 15.3. The molecule has 1 saturated heterocycles. The Labute approximate surface area is 291 Å². The SMILES string of the molecule is CC.CC(F)F.Cc1cc(N2CCOCC2)cc(F)c1C(=O)N[C@@H](Cc1ccc(-n2c(=O)c3ncccc3n(C)c2=O)c2ncccc12)C(=O)O. The maximum Gasteiger partial charge on any atom is 0.336 e. The zero-order chi connectivity index (χ0) is 37.4. The van der Waals surface area contributed by atoms with Crippen LogP contribution in [0.5, 0.6) is 0 Å². The summed E-state index contributed by atoms with van der Waals surface area (Å²) < 4.78 is 43.6. The third-order valence-corrected chi connectivity index (χ3v) is 8.01. The lowest BCUT2D eigenvalue weighted by Crippen LogP contribution is -2.43. The molecule has 6 rings (SSSR count). The molecule has 1 fully saturated rings. The molecule has 270 valence electrons. The number of hydrogen-bond donors (Lipinski definition) is 2. The third-order valence-electron chi connectivity index (χ3n) is 8.01. The summed E-state index contributed by atoms with van der Waals surface area (Å²) >= 11 is 0. The first-order valence-electron chi connectivity index (χ1n) is 16.3. The predicted octanol–water partition coefficient (Wildman–Crippen LogP) is 4.64. The largest absolute Gasteiger partial charge is 0.480 e. The standard InChI is InChI=1S/C32H29FN6O6.C2H4F2.C2H6/c1-18-15-20(38-11-13-45-14-12-38)17-22(33)26(18)29(40)36-23(31(42)43)16-19-7-8-25(27-21(19)5-3-9-34-27)39-30(41)28-24(6-4-10-35-28)37(2)32(39)44;1-2(3)4;1-2/h3-10,15,17,23H,11-14,16H2,1-2H3,(H,36,40)(H,42,43);2H,1H3;1-2H3/t23-;;/m0../s1. The molecule has 0 spiro atoms. The maximum atomic E-state index is 15.3. The van der Waals surface area contributed by atoms with Crippen molar-refractivity contribution in [3.05, 3.63) is 104 Å². The number of aliphatic carboxylic acids is 1. The molecule has 1 aliphatic rings. The van der Waals surface area contributed by atoms with E-state index in [1.54, 1.807) is 43.3 Å². The smallest absolute Gasteiger partial charge is 0.336 e. The summed E-state index contributed by atoms with van der Waals surface area (Å²) in [6.45, 7) is 8.65. The zero-order valence-electron chi connectivity index (χ0n) is 28.8. The first-order valence-corrected chi connectivity index (χ1v) is 16.3. The van der Waals surface area contributed by atoms with Crippen molar-refractivity contribution in [3.63, 3.8) is 0 Å². The number of carbonyl (C=O) groups is 2. The van der Waals surface area contributed by atoms with Gasteiger partial charge in [0.15, 0.2) is 5.52 Å². The van der Waals surface area contributed by atoms with Gasteiger partial charge in [-0.2, -0.15) is 0 Å². The second-order valence-electron chi connectivity index (χ2n) is 11.3. The normalized spacial score (nSPS) is 13.2. The van der Waals surface area contributed by atoms with Crippen LogP contribution in [0.1, 0.15) is 42.3 Å². The molecule has 1 amide bonds. The number of carbonyl (C=O) groups excluding carboxylic acids is 1. The van der Waals surface area contributed by atoms with E-state index in [-0.39, 0.29) is 28.7 Å². The van der Waals surface area contributed by atoms with E-state index in [4.69, 9.17) is 4.74 Å². The molecule has 5 aromatic rings. The van der Waals surface area contributed by atoms with Crippen molar-refractivity contribution in [2.75, 3.05) is 31.2 Å². The summed E-state index contributed by atoms with van der Waals surface area (Å²) in [5, 5.41) is 13.0. The minimum absolute atomic E-state index is 0.0990. The highest BCUT2D eigenvalue weighted by atomic mass is 19.3. The lowest BCUT2D eigenvalue weighted by atomic mass is 9.99. The molecule has 1 aliphatic heterocycles. The van der Waals surface area contributed by atoms with E-state index >= 15 is 4.39 Å². The summed E-state index contributed by atoms with van der Waals surface area (Å²) in [7, 11) is 1.53. The number of nitrogens with one attached hydrogen (secondary N) is 1. The molecule has 0 bridgehead atoms. The van der Waals surface area contributed by atoms with Gasteiger partial charge in [0.05, 0.1) is 35.5 Å². The molecular formula is C36H39F3N6O6. The number of morpholine rings is 1. The minimum atomic E-state index is -2.17. The fraction of sp³-hybridized carbons (Fsp3) is 0.333. The molecule has 4 heterocycles. The van der Waals surface area contributed by atoms with Gasteiger partial charge in [0.25, 0.3) is 11.5 Å². The minimum Gasteiger partial charge on any atom is -0.480 e. The highest BCUT2D eigenvalue weighted by Crippen LogP contribution is 2.26. The molecular weight excluding hydrogens is 669 g/mol. The van der Waals surface area contributed by atoms with E-state index in [1.807, 2.05) is 18.7 Å². The van der Waals surface area contributed by atoms with Crippen LogP contribution in [0.15, 0.2) is 70.5 Å². The van der Waals surface area contributed by atoms with Crippen LogP contribution >= 0.6 is 0 Å². The Morgan fingerprint density at radius 1 is 1.00 bits per heavy atom. The number of aromatic nitrogens is 4. The summed E-state index contributed by atoms with van der Waals surface area (Å²) in [4.78, 5) is 62.9. The van der Waals surface area contributed by atoms with Crippen LogP contribution in [0.3, 0.4) is 0 Å². The Morgan fingerprint density at radius 3 is 2.25 bits per heavy atom. The Morgan fingerprint density at radius 2 is 1.63 bits per heavy atom. The number of fused-ring (bicyclic) bond motifs is 2. The molecule has 0 unspecified atom stereocenters. The van der Waals surface area contributed by atoms with Gasteiger partial charge in [-0.15, -0.1) is 0 Å². The van der Waals surface area contributed by atoms with Crippen LogP contribution in [-0.2, 0) is 23.0 Å². The van der Waals surface area contributed by atoms with Gasteiger partial charge in [-0.05, 0) is 61.4 Å². The number of nitrogens with zero attached hydrogens (tertiary/aromatic N) is 5. The first kappa shape index (κ1) is 38.2. The number of halogens is 3. The van der Waals surface area contributed by atoms with Crippen LogP contribution < -0.4 is 21.5 Å². The number of aryl methyl sites for hydroxylation is 2. The molecule has 0 saturated carbocycles. The second-order valence-corrected chi connectivity index (χ2v) is 11.3. The van der Waals surface area contributed by atoms with Crippen LogP contribution in [0.4, 0.5) is 18.9 Å². The molecule has 1 atom stereocenters. The second kappa shape index (κ2) is 16.9. The number of rotatable bonds is 7. The van der Waals surface area contributed by atoms with E-state index in [0.717, 1.165) is 11.5 Å². The average molecular weight is 709 g/mol. The Hall–Kier alpha value is -5.57. The molecule has 0 aliphatic carbocycles. The number of carboxylic acid groups (broad SMARTS) is 1. The number of carboxylic acids is 1. The van der Waals surface area contributed by atoms with E-state index in [9.17, 15) is 33.1 Å². The monoisotopic (exact) mass is 708 g/mol. The molecule has 2 N–H and O–H groups in total. The van der Waals surface area contributed by atoms with Gasteiger partial charge in [0, 0.05) is 50.0 Å². The molecule has 2 aromatic carbocycles. The van der Waals surface area contributed by atoms with Gasteiger partial charge in [0.1, 0.15) is 11.9 Å². The highest BCUT2D eigenvalue weighted by molar-refractivity contribution is 5.99. The number of hydrogen-bond acceptors (Lipinski definition) is 8. The van der Waals surface area contributed by atoms with Crippen LogP contribution in [-0.4, -0.2) is 74.9 Å². The fourth-order valence-corrected chi connectivity index (χ4v) is 5.73. The van der Waals surface area contributed by atoms with E-state index in [0.29, 0.717) is 54.0 Å². The van der Waals surface area contributed by atoms with Crippen molar-refractivity contribution in [1.29, 1.82) is 0 Å². The molecule has 3 aromatic heterocycles. The lowest BCUT2D eigenvalue weighted by Gasteiger charge is -2.29. The van der Waals surface area contributed by atoms with E-state index in [2.05, 4.69) is 15.3 Å². The topological polar surface area (TPSA) is 149 Å². The van der Waals surface area contributed by atoms with Gasteiger partial charge in [-0.3, -0.25) is 19.1 Å². The van der Waals surface area contributed by atoms with Crippen molar-refractivity contribution in [3.8, 4) is 5.69 Å². The number of ether oxygens (including phenoxy) is 1. The lowest BCUT2D eigenvalue weighted by molar-refractivity contribution is -0.139. The van der Waals surface area contributed by atoms with Gasteiger partial charge in [0.2, 0.25) is 6.43 Å². The Balaban J connectivity index is 0.000000909. The highest BCUT2D eigenvalue weighted by Gasteiger charge is 2.27. The molecule has 12 nitrogen and oxygen atoms in total. The number of anilines is 1. The van der Waals surface area contributed by atoms with Crippen molar-refractivity contribution in [1.82, 2.24) is 24.4 Å². The zero-order valence-corrected chi connectivity index (χ0v) is 28.8. The van der Waals surface area contributed by atoms with E-state index < -0.39 is 41.4 Å². The molecule has 0 radical (unpaired) electrons. The molecule has 51 heavy (non-hydrogen) atoms. The van der Waals surface area contributed by atoms with Crippen LogP contribution in [0.25, 0.3) is 27.6 Å². The summed E-state index contributed by atoms with van der Waals surface area (Å²) in [5.41, 5.74) is 0.959. The predicted molar refractivity (Wildman–Crippen MR) is 188 cm³/mol. The van der Waals surface area contributed by atoms with Crippen LogP contribution in [0.2, 0.25) is 0 Å². The number of benzene rings is 2. The van der Waals surface area contributed by atoms with Gasteiger partial charge < -0.3 is 20.1 Å². The van der Waals surface area contributed by atoms with Crippen LogP contribution in [0, 0.1) is 12.7 Å². The number of amides is 1. The van der Waals surface area contributed by atoms with Gasteiger partial charge in [-0.25, -0.2) is 32.3 Å². The Bertz CT molecular complexity index is 2140. The van der Waals surface area contributed by atoms with E-state index in [1.165, 1.54) is 36.1 Å². The van der Waals surface area contributed by atoms with Crippen molar-refractivity contribution in [2.24, 2.45) is 7.05 Å². The fourth-order valence-electron chi connectivity index (χ4n) is 5.73. The summed E-state index contributed by atoms with van der Waals surface area (Å²) in [6, 6.07) is 11.2. The Kier molecular flexibility index (Phi) is 12.7. The van der Waals surface area contributed by atoms with Crippen molar-refractivity contribution in [2.45, 2.75) is 46.6 Å². The van der Waals surface area contributed by atoms with Crippen molar-refractivity contribution >= 4 is 39.5 Å². The summed E-state index contributed by atoms with van der Waals surface area (Å²) in [6.07, 6.45) is 0.611. The number of alkyl halides is 2. The van der Waals surface area contributed by atoms with Crippen molar-refractivity contribution < 1.29 is 32.6 Å². The average Bonchev–Trinajstić information content (AvgIpc) is 3.11.